The van der Waals surface area contributed by atoms with Crippen molar-refractivity contribution in [3.05, 3.63) is 17.0 Å². The zero-order chi connectivity index (χ0) is 21.9. The average Bonchev–Trinajstić information content (AvgIpc) is 3.35. The number of likely N-dealkylation sites (N-methyl/N-ethyl adjacent to an activating group) is 1. The van der Waals surface area contributed by atoms with Crippen molar-refractivity contribution >= 4 is 34.2 Å². The van der Waals surface area contributed by atoms with E-state index >= 15 is 0 Å². The number of likely N-dealkylation sites (tertiary alicyclic amines) is 1. The van der Waals surface area contributed by atoms with E-state index in [2.05, 4.69) is 17.1 Å². The van der Waals surface area contributed by atoms with Gasteiger partial charge in [-0.3, -0.25) is 19.4 Å². The SMILES string of the molecule is CCOC(=O)CCN(CC(=O)Nc1sccc1C(=O)OCC)CC1CCCN1CC. The van der Waals surface area contributed by atoms with Gasteiger partial charge in [-0.2, -0.15) is 0 Å². The van der Waals surface area contributed by atoms with Crippen molar-refractivity contribution in [2.45, 2.75) is 46.1 Å². The summed E-state index contributed by atoms with van der Waals surface area (Å²) in [4.78, 5) is 41.0. The highest BCUT2D eigenvalue weighted by Crippen LogP contribution is 2.24. The van der Waals surface area contributed by atoms with E-state index < -0.39 is 5.97 Å². The third-order valence-electron chi connectivity index (χ3n) is 5.09. The van der Waals surface area contributed by atoms with E-state index in [0.29, 0.717) is 29.8 Å². The lowest BCUT2D eigenvalue weighted by molar-refractivity contribution is -0.143. The van der Waals surface area contributed by atoms with Crippen molar-refractivity contribution in [3.63, 3.8) is 0 Å². The van der Waals surface area contributed by atoms with Crippen molar-refractivity contribution in [3.8, 4) is 0 Å². The Kier molecular flexibility index (Phi) is 10.3. The third kappa shape index (κ3) is 7.37. The monoisotopic (exact) mass is 439 g/mol. The average molecular weight is 440 g/mol. The molecule has 1 aliphatic heterocycles. The molecule has 0 saturated carbocycles. The number of esters is 2. The number of hydrogen-bond acceptors (Lipinski definition) is 8. The Bertz CT molecular complexity index is 709. The predicted molar refractivity (Wildman–Crippen MR) is 117 cm³/mol. The topological polar surface area (TPSA) is 88.2 Å². The Morgan fingerprint density at radius 1 is 1.23 bits per heavy atom. The van der Waals surface area contributed by atoms with Gasteiger partial charge in [-0.1, -0.05) is 6.92 Å². The number of nitrogens with zero attached hydrogens (tertiary/aromatic N) is 2. The molecule has 1 saturated heterocycles. The molecule has 0 aromatic carbocycles. The van der Waals surface area contributed by atoms with Crippen LogP contribution in [0.25, 0.3) is 0 Å². The molecule has 1 aromatic rings. The molecule has 2 rings (SSSR count). The summed E-state index contributed by atoms with van der Waals surface area (Å²) in [5, 5.41) is 5.06. The zero-order valence-electron chi connectivity index (χ0n) is 18.1. The maximum Gasteiger partial charge on any atom is 0.341 e. The number of thiophene rings is 1. The molecule has 0 aliphatic carbocycles. The van der Waals surface area contributed by atoms with Crippen LogP contribution in [-0.2, 0) is 19.1 Å². The van der Waals surface area contributed by atoms with Crippen LogP contribution in [0.4, 0.5) is 5.00 Å². The molecule has 1 aliphatic rings. The summed E-state index contributed by atoms with van der Waals surface area (Å²) in [7, 11) is 0. The lowest BCUT2D eigenvalue weighted by Gasteiger charge is -2.29. The first-order chi connectivity index (χ1) is 14.5. The Hall–Kier alpha value is -1.97. The lowest BCUT2D eigenvalue weighted by atomic mass is 10.2. The van der Waals surface area contributed by atoms with Gasteiger partial charge in [0.05, 0.1) is 31.7 Å². The first-order valence-electron chi connectivity index (χ1n) is 10.6. The molecule has 1 atom stereocenters. The molecule has 2 heterocycles. The fourth-order valence-electron chi connectivity index (χ4n) is 3.68. The van der Waals surface area contributed by atoms with Gasteiger partial charge in [0.25, 0.3) is 0 Å². The molecule has 1 amide bonds. The van der Waals surface area contributed by atoms with Crippen LogP contribution in [0.1, 0.15) is 50.4 Å². The quantitative estimate of drug-likeness (QED) is 0.501. The lowest BCUT2D eigenvalue weighted by Crippen LogP contribution is -2.44. The normalized spacial score (nSPS) is 16.6. The van der Waals surface area contributed by atoms with Crippen LogP contribution >= 0.6 is 11.3 Å². The number of ether oxygens (including phenoxy) is 2. The van der Waals surface area contributed by atoms with Crippen LogP contribution in [0.2, 0.25) is 0 Å². The minimum Gasteiger partial charge on any atom is -0.466 e. The van der Waals surface area contributed by atoms with E-state index in [1.165, 1.54) is 11.3 Å². The first-order valence-corrected chi connectivity index (χ1v) is 11.5. The van der Waals surface area contributed by atoms with E-state index in [-0.39, 0.29) is 31.4 Å². The Morgan fingerprint density at radius 3 is 2.70 bits per heavy atom. The third-order valence-corrected chi connectivity index (χ3v) is 5.92. The van der Waals surface area contributed by atoms with Crippen LogP contribution in [0.15, 0.2) is 11.4 Å². The van der Waals surface area contributed by atoms with Gasteiger partial charge in [-0.25, -0.2) is 4.79 Å². The van der Waals surface area contributed by atoms with E-state index in [4.69, 9.17) is 9.47 Å². The fraction of sp³-hybridized carbons (Fsp3) is 0.667. The second-order valence-corrected chi connectivity index (χ2v) is 8.06. The second-order valence-electron chi connectivity index (χ2n) is 7.15. The Labute approximate surface area is 182 Å². The summed E-state index contributed by atoms with van der Waals surface area (Å²) in [6, 6.07) is 2.02. The molecule has 1 unspecified atom stereocenters. The van der Waals surface area contributed by atoms with Gasteiger partial charge in [-0.05, 0) is 51.2 Å². The molecule has 0 bridgehead atoms. The molecule has 1 N–H and O–H groups in total. The van der Waals surface area contributed by atoms with Gasteiger partial charge >= 0.3 is 11.9 Å². The van der Waals surface area contributed by atoms with Gasteiger partial charge in [0.2, 0.25) is 5.91 Å². The molecule has 30 heavy (non-hydrogen) atoms. The molecule has 0 radical (unpaired) electrons. The molecular weight excluding hydrogens is 406 g/mol. The Balaban J connectivity index is 1.99. The van der Waals surface area contributed by atoms with Crippen molar-refractivity contribution in [1.82, 2.24) is 9.80 Å². The first kappa shape index (κ1) is 24.3. The minimum atomic E-state index is -0.447. The van der Waals surface area contributed by atoms with Crippen LogP contribution in [0.5, 0.6) is 0 Å². The molecule has 168 valence electrons. The van der Waals surface area contributed by atoms with Crippen LogP contribution in [0.3, 0.4) is 0 Å². The van der Waals surface area contributed by atoms with E-state index in [0.717, 1.165) is 32.5 Å². The van der Waals surface area contributed by atoms with Crippen LogP contribution < -0.4 is 5.32 Å². The number of anilines is 1. The number of carbonyl (C=O) groups excluding carboxylic acids is 3. The molecule has 1 fully saturated rings. The van der Waals surface area contributed by atoms with E-state index in [1.54, 1.807) is 25.3 Å². The van der Waals surface area contributed by atoms with Crippen molar-refractivity contribution < 1.29 is 23.9 Å². The molecule has 0 spiro atoms. The second kappa shape index (κ2) is 12.7. The standard InChI is InChI=1S/C21H33N3O5S/c1-4-24-11-7-8-16(24)14-23(12-9-19(26)28-5-2)15-18(25)22-20-17(10-13-30-20)21(27)29-6-3/h10,13,16H,4-9,11-12,14-15H2,1-3H3,(H,22,25). The highest BCUT2D eigenvalue weighted by atomic mass is 32.1. The number of amides is 1. The molecule has 8 nitrogen and oxygen atoms in total. The highest BCUT2D eigenvalue weighted by Gasteiger charge is 2.26. The largest absolute Gasteiger partial charge is 0.466 e. The molecular formula is C21H33N3O5S. The summed E-state index contributed by atoms with van der Waals surface area (Å²) in [5.41, 5.74) is 0.362. The van der Waals surface area contributed by atoms with Crippen molar-refractivity contribution in [1.29, 1.82) is 0 Å². The van der Waals surface area contributed by atoms with Crippen molar-refractivity contribution in [2.24, 2.45) is 0 Å². The summed E-state index contributed by atoms with van der Waals surface area (Å²) in [5.74, 6) is -0.921. The number of rotatable bonds is 12. The minimum absolute atomic E-state index is 0.146. The number of nitrogens with one attached hydrogen (secondary N) is 1. The molecule has 9 heteroatoms. The molecule has 1 aromatic heterocycles. The maximum atomic E-state index is 12.7. The van der Waals surface area contributed by atoms with Crippen LogP contribution in [-0.4, -0.2) is 79.6 Å². The smallest absolute Gasteiger partial charge is 0.341 e. The van der Waals surface area contributed by atoms with E-state index in [9.17, 15) is 14.4 Å². The highest BCUT2D eigenvalue weighted by molar-refractivity contribution is 7.14. The van der Waals surface area contributed by atoms with E-state index in [1.807, 2.05) is 4.90 Å². The maximum absolute atomic E-state index is 12.7. The van der Waals surface area contributed by atoms with Gasteiger partial charge in [0, 0.05) is 19.1 Å². The summed E-state index contributed by atoms with van der Waals surface area (Å²) >= 11 is 1.29. The van der Waals surface area contributed by atoms with Gasteiger partial charge in [0.1, 0.15) is 5.00 Å². The summed E-state index contributed by atoms with van der Waals surface area (Å²) in [6.45, 7) is 9.65. The van der Waals surface area contributed by atoms with Crippen molar-refractivity contribution in [2.75, 3.05) is 51.3 Å². The van der Waals surface area contributed by atoms with Crippen LogP contribution in [0, 0.1) is 0 Å². The zero-order valence-corrected chi connectivity index (χ0v) is 19.0. The summed E-state index contributed by atoms with van der Waals surface area (Å²) < 4.78 is 10.1. The number of carbonyl (C=O) groups is 3. The van der Waals surface area contributed by atoms with Gasteiger partial charge in [-0.15, -0.1) is 11.3 Å². The Morgan fingerprint density at radius 2 is 2.00 bits per heavy atom. The fourth-order valence-corrected chi connectivity index (χ4v) is 4.47. The van der Waals surface area contributed by atoms with Gasteiger partial charge in [0.15, 0.2) is 0 Å². The summed E-state index contributed by atoms with van der Waals surface area (Å²) in [6.07, 6.45) is 2.48. The van der Waals surface area contributed by atoms with Gasteiger partial charge < -0.3 is 14.8 Å². The predicted octanol–water partition coefficient (Wildman–Crippen LogP) is 2.60. The number of hydrogen-bond donors (Lipinski definition) is 1.